The van der Waals surface area contributed by atoms with Crippen molar-refractivity contribution in [3.63, 3.8) is 0 Å². The summed E-state index contributed by atoms with van der Waals surface area (Å²) in [6.07, 6.45) is 4.35. The number of likely N-dealkylation sites (tertiary alicyclic amines) is 2. The number of nitrogens with two attached hydrogens (primary N) is 1. The van der Waals surface area contributed by atoms with Gasteiger partial charge < -0.3 is 11.1 Å². The molecule has 7 heteroatoms. The van der Waals surface area contributed by atoms with Crippen molar-refractivity contribution in [2.75, 3.05) is 32.7 Å². The van der Waals surface area contributed by atoms with E-state index in [1.807, 2.05) is 12.1 Å². The highest BCUT2D eigenvalue weighted by atomic mass is 35.5. The van der Waals surface area contributed by atoms with E-state index in [4.69, 9.17) is 28.9 Å². The SMILES string of the molecule is CC(=O)NCC1CCN(Cc2cc(CN3CCC(N)CC3)cc(-c3cc(Cl)cc(Cl)c3)c2)CC1. The summed E-state index contributed by atoms with van der Waals surface area (Å²) in [4.78, 5) is 16.3. The van der Waals surface area contributed by atoms with Gasteiger partial charge in [-0.1, -0.05) is 29.3 Å². The second-order valence-electron chi connectivity index (χ2n) is 9.97. The molecule has 0 aromatic heterocycles. The fraction of sp³-hybridized carbons (Fsp3) is 0.519. The number of amides is 1. The van der Waals surface area contributed by atoms with Gasteiger partial charge in [-0.05, 0) is 110 Å². The van der Waals surface area contributed by atoms with Crippen LogP contribution in [0, 0.1) is 5.92 Å². The Labute approximate surface area is 213 Å². The molecule has 2 aromatic rings. The Hall–Kier alpha value is -1.63. The second-order valence-corrected chi connectivity index (χ2v) is 10.8. The van der Waals surface area contributed by atoms with Gasteiger partial charge in [-0.2, -0.15) is 0 Å². The molecule has 0 saturated carbocycles. The Bertz CT molecular complexity index is 962. The maximum absolute atomic E-state index is 11.2. The van der Waals surface area contributed by atoms with Gasteiger partial charge in [-0.15, -0.1) is 0 Å². The van der Waals surface area contributed by atoms with Crippen LogP contribution in [0.5, 0.6) is 0 Å². The standard InChI is InChI=1S/C27H36Cl2N4O/c1-19(34)31-16-20-2-6-32(7-3-20)17-21-10-22(18-33-8-4-27(30)5-9-33)12-23(11-21)24-13-25(28)15-26(29)14-24/h10-15,20,27H,2-9,16-18,30H2,1H3,(H,31,34). The number of benzene rings is 2. The molecule has 4 rings (SSSR count). The molecular weight excluding hydrogens is 467 g/mol. The summed E-state index contributed by atoms with van der Waals surface area (Å²) in [7, 11) is 0. The van der Waals surface area contributed by atoms with Crippen LogP contribution in [0.25, 0.3) is 11.1 Å². The van der Waals surface area contributed by atoms with Gasteiger partial charge in [0, 0.05) is 42.6 Å². The number of nitrogens with one attached hydrogen (secondary N) is 1. The number of nitrogens with zero attached hydrogens (tertiary/aromatic N) is 2. The van der Waals surface area contributed by atoms with E-state index in [1.165, 1.54) is 11.1 Å². The molecule has 0 atom stereocenters. The van der Waals surface area contributed by atoms with Crippen LogP contribution in [0.3, 0.4) is 0 Å². The Morgan fingerprint density at radius 2 is 1.35 bits per heavy atom. The zero-order valence-electron chi connectivity index (χ0n) is 20.0. The predicted octanol–water partition coefficient (Wildman–Crippen LogP) is 4.93. The molecule has 0 radical (unpaired) electrons. The zero-order chi connectivity index (χ0) is 24.1. The molecule has 0 bridgehead atoms. The van der Waals surface area contributed by atoms with Crippen molar-refractivity contribution >= 4 is 29.1 Å². The van der Waals surface area contributed by atoms with Gasteiger partial charge >= 0.3 is 0 Å². The average Bonchev–Trinajstić information content (AvgIpc) is 2.79. The molecule has 1 amide bonds. The number of hydrogen-bond donors (Lipinski definition) is 2. The summed E-state index contributed by atoms with van der Waals surface area (Å²) in [6.45, 7) is 8.43. The average molecular weight is 504 g/mol. The predicted molar refractivity (Wildman–Crippen MR) is 141 cm³/mol. The highest BCUT2D eigenvalue weighted by Gasteiger charge is 2.21. The molecule has 2 aromatic carbocycles. The summed E-state index contributed by atoms with van der Waals surface area (Å²) in [6, 6.07) is 13.0. The van der Waals surface area contributed by atoms with Crippen molar-refractivity contribution in [1.29, 1.82) is 0 Å². The minimum atomic E-state index is 0.0589. The van der Waals surface area contributed by atoms with Gasteiger partial charge in [0.15, 0.2) is 0 Å². The van der Waals surface area contributed by atoms with Crippen LogP contribution in [0.2, 0.25) is 10.0 Å². The van der Waals surface area contributed by atoms with Gasteiger partial charge in [0.25, 0.3) is 0 Å². The molecule has 0 spiro atoms. The minimum absolute atomic E-state index is 0.0589. The monoisotopic (exact) mass is 502 g/mol. The van der Waals surface area contributed by atoms with E-state index in [0.29, 0.717) is 22.0 Å². The number of carbonyl (C=O) groups excluding carboxylic acids is 1. The van der Waals surface area contributed by atoms with Crippen LogP contribution < -0.4 is 11.1 Å². The van der Waals surface area contributed by atoms with E-state index in [0.717, 1.165) is 82.6 Å². The number of piperidine rings is 2. The summed E-state index contributed by atoms with van der Waals surface area (Å²) in [5, 5.41) is 4.28. The van der Waals surface area contributed by atoms with Crippen molar-refractivity contribution < 1.29 is 4.79 Å². The quantitative estimate of drug-likeness (QED) is 0.563. The summed E-state index contributed by atoms with van der Waals surface area (Å²) in [5.74, 6) is 0.629. The van der Waals surface area contributed by atoms with Crippen LogP contribution in [-0.4, -0.2) is 54.5 Å². The highest BCUT2D eigenvalue weighted by molar-refractivity contribution is 6.35. The molecule has 5 nitrogen and oxygen atoms in total. The second kappa shape index (κ2) is 11.9. The van der Waals surface area contributed by atoms with Gasteiger partial charge in [-0.3, -0.25) is 14.6 Å². The molecule has 2 heterocycles. The van der Waals surface area contributed by atoms with E-state index in [9.17, 15) is 4.79 Å². The fourth-order valence-electron chi connectivity index (χ4n) is 5.10. The zero-order valence-corrected chi connectivity index (χ0v) is 21.5. The summed E-state index contributed by atoms with van der Waals surface area (Å²) in [5.41, 5.74) is 11.0. The van der Waals surface area contributed by atoms with E-state index >= 15 is 0 Å². The number of carbonyl (C=O) groups is 1. The third-order valence-electron chi connectivity index (χ3n) is 7.04. The molecule has 2 saturated heterocycles. The van der Waals surface area contributed by atoms with Crippen LogP contribution >= 0.6 is 23.2 Å². The first kappa shape index (κ1) is 25.5. The number of hydrogen-bond acceptors (Lipinski definition) is 4. The largest absolute Gasteiger partial charge is 0.356 e. The topological polar surface area (TPSA) is 61.6 Å². The van der Waals surface area contributed by atoms with E-state index in [2.05, 4.69) is 33.3 Å². The molecule has 3 N–H and O–H groups in total. The van der Waals surface area contributed by atoms with Gasteiger partial charge in [0.2, 0.25) is 5.91 Å². The van der Waals surface area contributed by atoms with Gasteiger partial charge in [0.1, 0.15) is 0 Å². The van der Waals surface area contributed by atoms with Crippen LogP contribution in [0.1, 0.15) is 43.7 Å². The number of rotatable bonds is 7. The first-order valence-electron chi connectivity index (χ1n) is 12.4. The molecule has 0 aliphatic carbocycles. The summed E-state index contributed by atoms with van der Waals surface area (Å²) >= 11 is 12.6. The Kier molecular flexibility index (Phi) is 8.89. The Morgan fingerprint density at radius 3 is 1.88 bits per heavy atom. The third-order valence-corrected chi connectivity index (χ3v) is 7.48. The van der Waals surface area contributed by atoms with Crippen LogP contribution in [-0.2, 0) is 17.9 Å². The smallest absolute Gasteiger partial charge is 0.216 e. The van der Waals surface area contributed by atoms with E-state index in [-0.39, 0.29) is 5.91 Å². The minimum Gasteiger partial charge on any atom is -0.356 e. The van der Waals surface area contributed by atoms with Gasteiger partial charge in [0.05, 0.1) is 0 Å². The molecule has 2 aliphatic rings. The van der Waals surface area contributed by atoms with Crippen LogP contribution in [0.4, 0.5) is 0 Å². The lowest BCUT2D eigenvalue weighted by atomic mass is 9.95. The molecule has 2 fully saturated rings. The van der Waals surface area contributed by atoms with Crippen molar-refractivity contribution in [2.45, 2.75) is 51.7 Å². The highest BCUT2D eigenvalue weighted by Crippen LogP contribution is 2.30. The Morgan fingerprint density at radius 1 is 0.853 bits per heavy atom. The normalized spacial score (nSPS) is 18.8. The summed E-state index contributed by atoms with van der Waals surface area (Å²) < 4.78 is 0. The first-order chi connectivity index (χ1) is 16.3. The lowest BCUT2D eigenvalue weighted by Gasteiger charge is -2.32. The lowest BCUT2D eigenvalue weighted by molar-refractivity contribution is -0.119. The van der Waals surface area contributed by atoms with Crippen molar-refractivity contribution in [1.82, 2.24) is 15.1 Å². The van der Waals surface area contributed by atoms with E-state index < -0.39 is 0 Å². The van der Waals surface area contributed by atoms with Crippen molar-refractivity contribution in [3.8, 4) is 11.1 Å². The molecule has 184 valence electrons. The maximum atomic E-state index is 11.2. The molecule has 2 aliphatic heterocycles. The van der Waals surface area contributed by atoms with Crippen molar-refractivity contribution in [2.24, 2.45) is 11.7 Å². The molecular formula is C27H36Cl2N4O. The maximum Gasteiger partial charge on any atom is 0.216 e. The van der Waals surface area contributed by atoms with Crippen molar-refractivity contribution in [3.05, 3.63) is 57.6 Å². The first-order valence-corrected chi connectivity index (χ1v) is 13.1. The molecule has 34 heavy (non-hydrogen) atoms. The third kappa shape index (κ3) is 7.43. The van der Waals surface area contributed by atoms with Gasteiger partial charge in [-0.25, -0.2) is 0 Å². The Balaban J connectivity index is 1.49. The fourth-order valence-corrected chi connectivity index (χ4v) is 5.62. The number of halogens is 2. The van der Waals surface area contributed by atoms with E-state index in [1.54, 1.807) is 13.0 Å². The van der Waals surface area contributed by atoms with Crippen LogP contribution in [0.15, 0.2) is 36.4 Å². The lowest BCUT2D eigenvalue weighted by Crippen LogP contribution is -2.39. The molecule has 0 unspecified atom stereocenters.